The minimum atomic E-state index is 0.195. The maximum absolute atomic E-state index is 5.56. The van der Waals surface area contributed by atoms with E-state index in [9.17, 15) is 0 Å². The molecule has 3 heteroatoms. The summed E-state index contributed by atoms with van der Waals surface area (Å²) in [6.07, 6.45) is 37.2. The van der Waals surface area contributed by atoms with E-state index in [0.29, 0.717) is 28.9 Å². The van der Waals surface area contributed by atoms with Crippen molar-refractivity contribution in [1.82, 2.24) is 4.98 Å². The number of benzene rings is 2. The summed E-state index contributed by atoms with van der Waals surface area (Å²) < 4.78 is 0. The Hall–Kier alpha value is -4.34. The Bertz CT molecular complexity index is 2080. The zero-order valence-electron chi connectivity index (χ0n) is 26.7. The van der Waals surface area contributed by atoms with E-state index in [-0.39, 0.29) is 6.04 Å². The maximum Gasteiger partial charge on any atom is 0.134 e. The van der Waals surface area contributed by atoms with E-state index in [1.165, 1.54) is 49.5 Å². The molecule has 0 fully saturated rings. The first-order valence-electron chi connectivity index (χ1n) is 17.4. The fourth-order valence-electron chi connectivity index (χ4n) is 9.30. The summed E-state index contributed by atoms with van der Waals surface area (Å²) in [7, 11) is 0. The van der Waals surface area contributed by atoms with Crippen LogP contribution in [0.2, 0.25) is 0 Å². The van der Waals surface area contributed by atoms with Gasteiger partial charge in [0.25, 0.3) is 0 Å². The normalized spacial score (nSPS) is 28.7. The Morgan fingerprint density at radius 3 is 2.55 bits per heavy atom. The van der Waals surface area contributed by atoms with Crippen LogP contribution in [-0.4, -0.2) is 16.3 Å². The molecule has 2 aliphatic heterocycles. The molecule has 5 aliphatic carbocycles. The quantitative estimate of drug-likeness (QED) is 0.282. The first kappa shape index (κ1) is 27.7. The average molecular weight is 627 g/mol. The highest BCUT2D eigenvalue weighted by atomic mass is 32.2. The minimum absolute atomic E-state index is 0.195. The van der Waals surface area contributed by atoms with E-state index < -0.39 is 0 Å². The minimum Gasteiger partial charge on any atom is -0.317 e. The van der Waals surface area contributed by atoms with Gasteiger partial charge in [0.2, 0.25) is 0 Å². The lowest BCUT2D eigenvalue weighted by Crippen LogP contribution is -2.30. The standard InChI is InChI=1S/C44H38N2S/c1-27-22-23-28-12-2-3-13-29(28)42(27)37-26-41(45-38-19-9-6-16-32(37)38)46-39-20-10-7-17-33(39)35-24-25-36-31-15-5-4-14-30(31)34-18-8-11-21-40(34)47-44(36)43(35)46/h2-3,5,7-13,15,17-27,33-34,39-40,42H,4,6,14,16H2,1H3. The molecule has 0 spiro atoms. The Morgan fingerprint density at radius 2 is 1.60 bits per heavy atom. The van der Waals surface area contributed by atoms with Crippen molar-refractivity contribution < 1.29 is 0 Å². The lowest BCUT2D eigenvalue weighted by atomic mass is 9.74. The van der Waals surface area contributed by atoms with E-state index in [2.05, 4.69) is 151 Å². The number of nitrogens with zero attached hydrogens (tertiary/aromatic N) is 2. The van der Waals surface area contributed by atoms with Crippen molar-refractivity contribution in [2.24, 2.45) is 11.8 Å². The van der Waals surface area contributed by atoms with Gasteiger partial charge in [-0.15, -0.1) is 11.8 Å². The third-order valence-corrected chi connectivity index (χ3v) is 12.8. The number of aromatic nitrogens is 1. The Morgan fingerprint density at radius 1 is 0.766 bits per heavy atom. The van der Waals surface area contributed by atoms with Gasteiger partial charge >= 0.3 is 0 Å². The highest BCUT2D eigenvalue weighted by molar-refractivity contribution is 8.00. The first-order valence-corrected chi connectivity index (χ1v) is 18.3. The summed E-state index contributed by atoms with van der Waals surface area (Å²) in [4.78, 5) is 9.61. The number of fused-ring (bicyclic) bond motifs is 10. The van der Waals surface area contributed by atoms with E-state index in [1.54, 1.807) is 5.57 Å². The topological polar surface area (TPSA) is 16.1 Å². The molecule has 0 radical (unpaired) electrons. The van der Waals surface area contributed by atoms with Crippen LogP contribution in [0.25, 0.3) is 17.7 Å². The van der Waals surface area contributed by atoms with Crippen molar-refractivity contribution in [3.05, 3.63) is 160 Å². The van der Waals surface area contributed by atoms with Crippen LogP contribution < -0.4 is 4.90 Å². The van der Waals surface area contributed by atoms with Gasteiger partial charge in [-0.1, -0.05) is 128 Å². The predicted octanol–water partition coefficient (Wildman–Crippen LogP) is 10.9. The summed E-state index contributed by atoms with van der Waals surface area (Å²) >= 11 is 2.07. The van der Waals surface area contributed by atoms with Crippen molar-refractivity contribution in [3.8, 4) is 0 Å². The fourth-order valence-corrected chi connectivity index (χ4v) is 10.8. The molecular formula is C44H38N2S. The summed E-state index contributed by atoms with van der Waals surface area (Å²) in [5, 5.41) is 0.390. The Labute approximate surface area is 282 Å². The zero-order chi connectivity index (χ0) is 31.1. The van der Waals surface area contributed by atoms with Crippen LogP contribution in [0.15, 0.2) is 126 Å². The molecule has 47 heavy (non-hydrogen) atoms. The molecule has 2 nitrogen and oxygen atoms in total. The molecule has 3 heterocycles. The summed E-state index contributed by atoms with van der Waals surface area (Å²) in [5.41, 5.74) is 14.0. The molecule has 6 atom stereocenters. The molecule has 0 saturated carbocycles. The SMILES string of the molecule is CC1C=Cc2ccccc2C1c1cc(N2c3c(ccc4c3SC3C=CC=CC3C3=C4C=CCC3)C3C=CC=CC32)nc2c1CCC=C2. The van der Waals surface area contributed by atoms with Gasteiger partial charge in [-0.2, -0.15) is 0 Å². The second kappa shape index (κ2) is 10.9. The summed E-state index contributed by atoms with van der Waals surface area (Å²) in [5.74, 6) is 2.53. The fraction of sp³-hybridized carbons (Fsp3) is 0.250. The van der Waals surface area contributed by atoms with E-state index in [4.69, 9.17) is 4.98 Å². The van der Waals surface area contributed by atoms with Crippen molar-refractivity contribution >= 4 is 41.0 Å². The van der Waals surface area contributed by atoms with Crippen molar-refractivity contribution in [3.63, 3.8) is 0 Å². The lowest BCUT2D eigenvalue weighted by Gasteiger charge is -2.34. The van der Waals surface area contributed by atoms with Crippen LogP contribution in [-0.2, 0) is 6.42 Å². The Kier molecular flexibility index (Phi) is 6.41. The molecule has 2 aromatic carbocycles. The number of thioether (sulfide) groups is 1. The molecule has 7 aliphatic rings. The van der Waals surface area contributed by atoms with Crippen LogP contribution in [0.3, 0.4) is 0 Å². The van der Waals surface area contributed by atoms with Crippen molar-refractivity contribution in [1.29, 1.82) is 0 Å². The van der Waals surface area contributed by atoms with E-state index >= 15 is 0 Å². The average Bonchev–Trinajstić information content (AvgIpc) is 3.39. The van der Waals surface area contributed by atoms with Crippen LogP contribution in [0.5, 0.6) is 0 Å². The summed E-state index contributed by atoms with van der Waals surface area (Å²) in [6, 6.07) is 16.6. The van der Waals surface area contributed by atoms with Crippen molar-refractivity contribution in [2.75, 3.05) is 4.90 Å². The largest absolute Gasteiger partial charge is 0.317 e. The summed E-state index contributed by atoms with van der Waals surface area (Å²) in [6.45, 7) is 2.39. The van der Waals surface area contributed by atoms with Crippen LogP contribution >= 0.6 is 11.8 Å². The van der Waals surface area contributed by atoms with Crippen LogP contribution in [0.1, 0.15) is 77.1 Å². The number of allylic oxidation sites excluding steroid dienone is 11. The van der Waals surface area contributed by atoms with Gasteiger partial charge in [-0.25, -0.2) is 4.98 Å². The first-order chi connectivity index (χ1) is 23.2. The lowest BCUT2D eigenvalue weighted by molar-refractivity contribution is 0.610. The molecule has 0 N–H and O–H groups in total. The van der Waals surface area contributed by atoms with E-state index in [0.717, 1.165) is 37.2 Å². The van der Waals surface area contributed by atoms with Gasteiger partial charge in [0, 0.05) is 27.9 Å². The second-order valence-electron chi connectivity index (χ2n) is 14.0. The second-order valence-corrected chi connectivity index (χ2v) is 15.2. The maximum atomic E-state index is 5.56. The molecular weight excluding hydrogens is 589 g/mol. The highest BCUT2D eigenvalue weighted by Gasteiger charge is 2.43. The highest BCUT2D eigenvalue weighted by Crippen LogP contribution is 2.58. The monoisotopic (exact) mass is 626 g/mol. The predicted molar refractivity (Wildman–Crippen MR) is 198 cm³/mol. The number of hydrogen-bond donors (Lipinski definition) is 0. The molecule has 230 valence electrons. The molecule has 3 aromatic rings. The molecule has 6 unspecified atom stereocenters. The van der Waals surface area contributed by atoms with Crippen molar-refractivity contribution in [2.45, 2.75) is 60.6 Å². The number of anilines is 2. The Balaban J connectivity index is 1.21. The zero-order valence-corrected chi connectivity index (χ0v) is 27.5. The third kappa shape index (κ3) is 4.22. The molecule has 1 aromatic heterocycles. The smallest absolute Gasteiger partial charge is 0.134 e. The molecule has 0 saturated heterocycles. The number of hydrogen-bond acceptors (Lipinski definition) is 3. The molecule has 0 amide bonds. The van der Waals surface area contributed by atoms with Crippen LogP contribution in [0, 0.1) is 11.8 Å². The molecule has 10 rings (SSSR count). The van der Waals surface area contributed by atoms with Crippen LogP contribution in [0.4, 0.5) is 11.5 Å². The molecule has 0 bridgehead atoms. The van der Waals surface area contributed by atoms with Gasteiger partial charge in [0.1, 0.15) is 5.82 Å². The van der Waals surface area contributed by atoms with Gasteiger partial charge < -0.3 is 4.90 Å². The van der Waals surface area contributed by atoms with E-state index in [1.807, 2.05) is 0 Å². The van der Waals surface area contributed by atoms with Gasteiger partial charge in [-0.05, 0) is 82.7 Å². The third-order valence-electron chi connectivity index (χ3n) is 11.4. The van der Waals surface area contributed by atoms with Gasteiger partial charge in [0.05, 0.1) is 17.4 Å². The number of rotatable bonds is 2. The van der Waals surface area contributed by atoms with Gasteiger partial charge in [-0.3, -0.25) is 0 Å². The number of pyridine rings is 1. The van der Waals surface area contributed by atoms with Gasteiger partial charge in [0.15, 0.2) is 0 Å².